The lowest BCUT2D eigenvalue weighted by molar-refractivity contribution is -0.130. The molecule has 2 aromatic carbocycles. The Morgan fingerprint density at radius 1 is 1.03 bits per heavy atom. The number of carbonyl (C=O) groups is 3. The van der Waals surface area contributed by atoms with Crippen LogP contribution in [0.3, 0.4) is 0 Å². The Labute approximate surface area is 169 Å². The van der Waals surface area contributed by atoms with Crippen molar-refractivity contribution in [2.24, 2.45) is 0 Å². The molecule has 8 heteroatoms. The number of urea groups is 1. The number of ether oxygens (including phenoxy) is 2. The van der Waals surface area contributed by atoms with Gasteiger partial charge in [0.05, 0.1) is 14.2 Å². The smallest absolute Gasteiger partial charge is 0.332 e. The molecule has 0 aliphatic carbocycles. The maximum atomic E-state index is 12.8. The van der Waals surface area contributed by atoms with Crippen molar-refractivity contribution in [3.05, 3.63) is 48.0 Å². The Balaban J connectivity index is 1.72. The number of hydrogen-bond acceptors (Lipinski definition) is 5. The Hall–Kier alpha value is -3.55. The summed E-state index contributed by atoms with van der Waals surface area (Å²) in [7, 11) is 3.01. The molecule has 1 atom stereocenters. The molecular formula is C21H23N3O5. The van der Waals surface area contributed by atoms with Crippen LogP contribution < -0.4 is 19.7 Å². The largest absolute Gasteiger partial charge is 0.493 e. The van der Waals surface area contributed by atoms with Gasteiger partial charge in [0, 0.05) is 17.4 Å². The standard InChI is InChI=1S/C21H23N3O5/c1-13-5-8-16(9-6-13)24-14(2)20(26)23(21(24)27)12-19(25)22-15-7-10-17(28-3)18(11-15)29-4/h5-11,14H,12H2,1-4H3,(H,22,25)/t14-/m1/s1. The predicted octanol–water partition coefficient (Wildman–Crippen LogP) is 2.81. The number of amides is 4. The van der Waals surface area contributed by atoms with Gasteiger partial charge < -0.3 is 14.8 Å². The first-order chi connectivity index (χ1) is 13.8. The van der Waals surface area contributed by atoms with Crippen molar-refractivity contribution >= 4 is 29.2 Å². The van der Waals surface area contributed by atoms with Crippen LogP contribution in [-0.2, 0) is 9.59 Å². The summed E-state index contributed by atoms with van der Waals surface area (Å²) in [5.41, 5.74) is 2.13. The van der Waals surface area contributed by atoms with E-state index in [2.05, 4.69) is 5.32 Å². The van der Waals surface area contributed by atoms with E-state index in [-0.39, 0.29) is 6.54 Å². The third kappa shape index (κ3) is 4.01. The molecule has 0 aromatic heterocycles. The zero-order valence-corrected chi connectivity index (χ0v) is 16.8. The summed E-state index contributed by atoms with van der Waals surface area (Å²) >= 11 is 0. The molecule has 0 radical (unpaired) electrons. The first kappa shape index (κ1) is 20.2. The fraction of sp³-hybridized carbons (Fsp3) is 0.286. The SMILES string of the molecule is COc1ccc(NC(=O)CN2C(=O)[C@@H](C)N(c3ccc(C)cc3)C2=O)cc1OC. The molecule has 3 rings (SSSR count). The molecule has 152 valence electrons. The van der Waals surface area contributed by atoms with E-state index in [0.717, 1.165) is 10.5 Å². The minimum Gasteiger partial charge on any atom is -0.493 e. The summed E-state index contributed by atoms with van der Waals surface area (Å²) in [4.78, 5) is 40.2. The van der Waals surface area contributed by atoms with E-state index in [1.165, 1.54) is 19.1 Å². The van der Waals surface area contributed by atoms with Crippen molar-refractivity contribution in [2.75, 3.05) is 31.0 Å². The Kier molecular flexibility index (Phi) is 5.72. The molecule has 29 heavy (non-hydrogen) atoms. The number of benzene rings is 2. The van der Waals surface area contributed by atoms with Crippen molar-refractivity contribution in [3.63, 3.8) is 0 Å². The van der Waals surface area contributed by atoms with Crippen molar-refractivity contribution in [1.82, 2.24) is 4.90 Å². The number of hydrogen-bond donors (Lipinski definition) is 1. The fourth-order valence-corrected chi connectivity index (χ4v) is 3.17. The molecule has 2 aromatic rings. The third-order valence-corrected chi connectivity index (χ3v) is 4.73. The molecule has 0 unspecified atom stereocenters. The first-order valence-corrected chi connectivity index (χ1v) is 9.08. The summed E-state index contributed by atoms with van der Waals surface area (Å²) in [6, 6.07) is 11.0. The van der Waals surface area contributed by atoms with E-state index < -0.39 is 23.9 Å². The summed E-state index contributed by atoms with van der Waals surface area (Å²) < 4.78 is 10.4. The fourth-order valence-electron chi connectivity index (χ4n) is 3.17. The quantitative estimate of drug-likeness (QED) is 0.758. The van der Waals surface area contributed by atoms with Crippen LogP contribution >= 0.6 is 0 Å². The normalized spacial score (nSPS) is 16.2. The minimum atomic E-state index is -0.681. The van der Waals surface area contributed by atoms with Gasteiger partial charge in [-0.05, 0) is 38.1 Å². The van der Waals surface area contributed by atoms with E-state index in [1.54, 1.807) is 37.3 Å². The predicted molar refractivity (Wildman–Crippen MR) is 108 cm³/mol. The van der Waals surface area contributed by atoms with Crippen molar-refractivity contribution in [1.29, 1.82) is 0 Å². The number of aryl methyl sites for hydroxylation is 1. The number of imide groups is 1. The second-order valence-corrected chi connectivity index (χ2v) is 6.71. The van der Waals surface area contributed by atoms with Crippen LogP contribution in [0.2, 0.25) is 0 Å². The molecule has 4 amide bonds. The zero-order chi connectivity index (χ0) is 21.1. The van der Waals surface area contributed by atoms with Gasteiger partial charge in [-0.3, -0.25) is 19.4 Å². The monoisotopic (exact) mass is 397 g/mol. The minimum absolute atomic E-state index is 0.376. The summed E-state index contributed by atoms with van der Waals surface area (Å²) in [6.45, 7) is 3.21. The number of methoxy groups -OCH3 is 2. The Bertz CT molecular complexity index is 942. The van der Waals surface area contributed by atoms with Gasteiger partial charge in [0.15, 0.2) is 11.5 Å². The van der Waals surface area contributed by atoms with Crippen molar-refractivity contribution in [2.45, 2.75) is 19.9 Å². The Morgan fingerprint density at radius 3 is 2.31 bits per heavy atom. The topological polar surface area (TPSA) is 88.2 Å². The van der Waals surface area contributed by atoms with Gasteiger partial charge in [-0.25, -0.2) is 4.79 Å². The second kappa shape index (κ2) is 8.22. The molecule has 0 bridgehead atoms. The molecule has 1 aliphatic rings. The van der Waals surface area contributed by atoms with Crippen LogP contribution in [0.1, 0.15) is 12.5 Å². The number of anilines is 2. The van der Waals surface area contributed by atoms with Crippen LogP contribution in [0.15, 0.2) is 42.5 Å². The van der Waals surface area contributed by atoms with Gasteiger partial charge in [-0.2, -0.15) is 0 Å². The molecule has 0 spiro atoms. The number of nitrogens with one attached hydrogen (secondary N) is 1. The molecule has 8 nitrogen and oxygen atoms in total. The summed E-state index contributed by atoms with van der Waals surface area (Å²) in [6.07, 6.45) is 0. The van der Waals surface area contributed by atoms with Crippen molar-refractivity contribution < 1.29 is 23.9 Å². The highest BCUT2D eigenvalue weighted by atomic mass is 16.5. The van der Waals surface area contributed by atoms with E-state index >= 15 is 0 Å². The summed E-state index contributed by atoms with van der Waals surface area (Å²) in [5.74, 6) is 0.0747. The molecular weight excluding hydrogens is 374 g/mol. The highest BCUT2D eigenvalue weighted by Gasteiger charge is 2.44. The van der Waals surface area contributed by atoms with Gasteiger partial charge in [0.2, 0.25) is 5.91 Å². The average molecular weight is 397 g/mol. The van der Waals surface area contributed by atoms with Crippen LogP contribution in [0.4, 0.5) is 16.2 Å². The van der Waals surface area contributed by atoms with E-state index in [1.807, 2.05) is 19.1 Å². The van der Waals surface area contributed by atoms with Crippen LogP contribution in [0.25, 0.3) is 0 Å². The highest BCUT2D eigenvalue weighted by molar-refractivity contribution is 6.16. The molecule has 1 N–H and O–H groups in total. The van der Waals surface area contributed by atoms with Crippen LogP contribution in [0, 0.1) is 6.92 Å². The number of nitrogens with zero attached hydrogens (tertiary/aromatic N) is 2. The molecule has 1 fully saturated rings. The summed E-state index contributed by atoms with van der Waals surface area (Å²) in [5, 5.41) is 2.67. The molecule has 1 heterocycles. The van der Waals surface area contributed by atoms with Crippen molar-refractivity contribution in [3.8, 4) is 11.5 Å². The number of rotatable bonds is 6. The van der Waals surface area contributed by atoms with Gasteiger partial charge in [0.1, 0.15) is 12.6 Å². The molecule has 1 saturated heterocycles. The lowest BCUT2D eigenvalue weighted by atomic mass is 10.2. The second-order valence-electron chi connectivity index (χ2n) is 6.71. The average Bonchev–Trinajstić information content (AvgIpc) is 2.92. The lowest BCUT2D eigenvalue weighted by Gasteiger charge is -2.19. The third-order valence-electron chi connectivity index (χ3n) is 4.73. The van der Waals surface area contributed by atoms with Gasteiger partial charge in [-0.15, -0.1) is 0 Å². The maximum absolute atomic E-state index is 12.8. The first-order valence-electron chi connectivity index (χ1n) is 9.08. The maximum Gasteiger partial charge on any atom is 0.332 e. The van der Waals surface area contributed by atoms with Gasteiger partial charge >= 0.3 is 6.03 Å². The molecule has 0 saturated carbocycles. The van der Waals surface area contributed by atoms with E-state index in [4.69, 9.17) is 9.47 Å². The van der Waals surface area contributed by atoms with E-state index in [0.29, 0.717) is 22.9 Å². The van der Waals surface area contributed by atoms with Gasteiger partial charge in [-0.1, -0.05) is 17.7 Å². The van der Waals surface area contributed by atoms with Crippen LogP contribution in [0.5, 0.6) is 11.5 Å². The highest BCUT2D eigenvalue weighted by Crippen LogP contribution is 2.30. The lowest BCUT2D eigenvalue weighted by Crippen LogP contribution is -2.39. The van der Waals surface area contributed by atoms with E-state index in [9.17, 15) is 14.4 Å². The van der Waals surface area contributed by atoms with Gasteiger partial charge in [0.25, 0.3) is 5.91 Å². The van der Waals surface area contributed by atoms with Crippen LogP contribution in [-0.4, -0.2) is 49.6 Å². The molecule has 1 aliphatic heterocycles. The number of carbonyl (C=O) groups excluding carboxylic acids is 3. The zero-order valence-electron chi connectivity index (χ0n) is 16.8. The Morgan fingerprint density at radius 2 is 1.69 bits per heavy atom.